The zero-order valence-corrected chi connectivity index (χ0v) is 14.0. The van der Waals surface area contributed by atoms with E-state index in [0.717, 1.165) is 0 Å². The van der Waals surface area contributed by atoms with E-state index < -0.39 is 5.60 Å². The van der Waals surface area contributed by atoms with Crippen LogP contribution in [0.5, 0.6) is 0 Å². The highest BCUT2D eigenvalue weighted by atomic mass is 16.6. The molecule has 0 aromatic carbocycles. The zero-order valence-electron chi connectivity index (χ0n) is 14.0. The summed E-state index contributed by atoms with van der Waals surface area (Å²) in [5, 5.41) is 18.7. The first-order valence-electron chi connectivity index (χ1n) is 8.24. The third-order valence-electron chi connectivity index (χ3n) is 4.17. The molecule has 0 unspecified atom stereocenters. The van der Waals surface area contributed by atoms with Gasteiger partial charge in [0.2, 0.25) is 0 Å². The average Bonchev–Trinajstić information content (AvgIpc) is 2.99. The summed E-state index contributed by atoms with van der Waals surface area (Å²) < 4.78 is 12.0. The molecule has 2 rings (SSSR count). The Morgan fingerprint density at radius 1 is 1.46 bits per heavy atom. The fourth-order valence-corrected chi connectivity index (χ4v) is 2.88. The number of nitrogens with two attached hydrogens (primary N) is 1. The molecule has 1 aromatic heterocycles. The molecule has 0 atom stereocenters. The van der Waals surface area contributed by atoms with E-state index in [9.17, 15) is 9.90 Å². The first kappa shape index (κ1) is 18.8. The summed E-state index contributed by atoms with van der Waals surface area (Å²) in [7, 11) is 0. The lowest BCUT2D eigenvalue weighted by molar-refractivity contribution is -0.151. The fourth-order valence-electron chi connectivity index (χ4n) is 2.88. The molecule has 0 spiro atoms. The number of rotatable bonds is 9. The monoisotopic (exact) mass is 342 g/mol. The molecule has 0 saturated heterocycles. The average molecular weight is 342 g/mol. The summed E-state index contributed by atoms with van der Waals surface area (Å²) in [6, 6.07) is 0. The highest BCUT2D eigenvalue weighted by molar-refractivity contribution is 5.72. The van der Waals surface area contributed by atoms with E-state index in [-0.39, 0.29) is 11.9 Å². The van der Waals surface area contributed by atoms with Gasteiger partial charge in [0.25, 0.3) is 0 Å². The summed E-state index contributed by atoms with van der Waals surface area (Å²) in [6.45, 7) is 3.54. The van der Waals surface area contributed by atoms with Crippen LogP contribution in [0.15, 0.2) is 6.20 Å². The second kappa shape index (κ2) is 9.07. The van der Waals surface area contributed by atoms with Crippen molar-refractivity contribution >= 4 is 5.97 Å². The molecule has 1 fully saturated rings. The van der Waals surface area contributed by atoms with Gasteiger partial charge in [-0.1, -0.05) is 5.21 Å². The molecule has 0 aliphatic heterocycles. The molecule has 1 heterocycles. The normalized spacial score (nSPS) is 24.0. The van der Waals surface area contributed by atoms with Crippen molar-refractivity contribution in [1.82, 2.24) is 15.0 Å². The Morgan fingerprint density at radius 2 is 2.21 bits per heavy atom. The van der Waals surface area contributed by atoms with E-state index in [4.69, 9.17) is 15.4 Å². The Kier molecular flexibility index (Phi) is 7.10. The minimum Gasteiger partial charge on any atom is -0.466 e. The number of aromatic nitrogens is 3. The quantitative estimate of drug-likeness (QED) is 0.370. The van der Waals surface area contributed by atoms with Gasteiger partial charge >= 0.3 is 5.97 Å². The zero-order chi connectivity index (χ0) is 17.4. The molecule has 0 bridgehead atoms. The van der Waals surface area contributed by atoms with Gasteiger partial charge in [0.1, 0.15) is 5.69 Å². The maximum Gasteiger partial charge on any atom is 0.308 e. The number of ether oxygens (including phenoxy) is 2. The van der Waals surface area contributed by atoms with Gasteiger partial charge in [0.05, 0.1) is 50.7 Å². The van der Waals surface area contributed by atoms with Gasteiger partial charge < -0.3 is 19.4 Å². The van der Waals surface area contributed by atoms with E-state index in [0.29, 0.717) is 64.3 Å². The second-order valence-corrected chi connectivity index (χ2v) is 6.08. The Bertz CT molecular complexity index is 514. The van der Waals surface area contributed by atoms with Crippen LogP contribution in [0.25, 0.3) is 0 Å². The van der Waals surface area contributed by atoms with E-state index in [2.05, 4.69) is 15.1 Å². The molecule has 136 valence electrons. The number of carbonyl (C=O) groups is 1. The van der Waals surface area contributed by atoms with Gasteiger partial charge in [-0.3, -0.25) is 4.79 Å². The Labute approximate surface area is 141 Å². The predicted molar refractivity (Wildman–Crippen MR) is 83.4 cm³/mol. The summed E-state index contributed by atoms with van der Waals surface area (Å²) in [4.78, 5) is 16.2. The highest BCUT2D eigenvalue weighted by Crippen LogP contribution is 2.33. The Balaban J connectivity index is 1.79. The number of hydrogen-bond donors (Lipinski definition) is 2. The Hall–Kier alpha value is -1.55. The van der Waals surface area contributed by atoms with Crippen molar-refractivity contribution in [2.75, 3.05) is 19.8 Å². The van der Waals surface area contributed by atoms with Gasteiger partial charge in [0, 0.05) is 0 Å². The summed E-state index contributed by atoms with van der Waals surface area (Å²) in [6.07, 6.45) is 4.07. The molecule has 9 nitrogen and oxygen atoms in total. The predicted octanol–water partition coefficient (Wildman–Crippen LogP) is 0.169. The van der Waals surface area contributed by atoms with Crippen LogP contribution in [-0.2, 0) is 32.3 Å². The fraction of sp³-hybridized carbons (Fsp3) is 0.800. The standard InChI is InChI=1S/C15H26N4O5/c1-2-23-14(20)12-3-5-15(21,6-4-12)11-19-9-13(17-18-19)10-22-7-8-24-16/h9,12,21H,2-8,10-11,16H2,1H3. The molecule has 1 aliphatic carbocycles. The van der Waals surface area contributed by atoms with Crippen LogP contribution >= 0.6 is 0 Å². The molecular formula is C15H26N4O5. The van der Waals surface area contributed by atoms with Gasteiger partial charge in [-0.15, -0.1) is 5.10 Å². The van der Waals surface area contributed by atoms with E-state index in [1.807, 2.05) is 0 Å². The summed E-state index contributed by atoms with van der Waals surface area (Å²) in [5.74, 6) is 4.63. The Morgan fingerprint density at radius 3 is 2.88 bits per heavy atom. The van der Waals surface area contributed by atoms with Crippen molar-refractivity contribution in [2.24, 2.45) is 11.8 Å². The number of hydrogen-bond acceptors (Lipinski definition) is 8. The van der Waals surface area contributed by atoms with Crippen LogP contribution in [0.4, 0.5) is 0 Å². The summed E-state index contributed by atoms with van der Waals surface area (Å²) >= 11 is 0. The highest BCUT2D eigenvalue weighted by Gasteiger charge is 2.37. The molecule has 9 heteroatoms. The lowest BCUT2D eigenvalue weighted by Crippen LogP contribution is -2.40. The maximum absolute atomic E-state index is 11.8. The number of esters is 1. The van der Waals surface area contributed by atoms with Gasteiger partial charge in [0.15, 0.2) is 0 Å². The number of aliphatic hydroxyl groups is 1. The van der Waals surface area contributed by atoms with Crippen LogP contribution in [0.1, 0.15) is 38.3 Å². The first-order chi connectivity index (χ1) is 11.6. The SMILES string of the molecule is CCOC(=O)C1CCC(O)(Cn2cc(COCCON)nn2)CC1. The molecule has 1 saturated carbocycles. The lowest BCUT2D eigenvalue weighted by Gasteiger charge is -2.34. The van der Waals surface area contributed by atoms with E-state index >= 15 is 0 Å². The number of carbonyl (C=O) groups excluding carboxylic acids is 1. The van der Waals surface area contributed by atoms with Crippen LogP contribution in [0.3, 0.4) is 0 Å². The minimum absolute atomic E-state index is 0.116. The van der Waals surface area contributed by atoms with Crippen LogP contribution in [0, 0.1) is 5.92 Å². The van der Waals surface area contributed by atoms with Crippen molar-refractivity contribution in [1.29, 1.82) is 0 Å². The maximum atomic E-state index is 11.8. The smallest absolute Gasteiger partial charge is 0.308 e. The molecule has 3 N–H and O–H groups in total. The van der Waals surface area contributed by atoms with Gasteiger partial charge in [-0.05, 0) is 32.6 Å². The van der Waals surface area contributed by atoms with E-state index in [1.54, 1.807) is 17.8 Å². The molecule has 24 heavy (non-hydrogen) atoms. The first-order valence-corrected chi connectivity index (χ1v) is 8.24. The third-order valence-corrected chi connectivity index (χ3v) is 4.17. The largest absolute Gasteiger partial charge is 0.466 e. The molecule has 0 amide bonds. The lowest BCUT2D eigenvalue weighted by atomic mass is 9.79. The van der Waals surface area contributed by atoms with Crippen molar-refractivity contribution in [3.63, 3.8) is 0 Å². The van der Waals surface area contributed by atoms with Crippen molar-refractivity contribution in [3.05, 3.63) is 11.9 Å². The molecule has 1 aliphatic rings. The molecule has 0 radical (unpaired) electrons. The number of nitrogens with zero attached hydrogens (tertiary/aromatic N) is 3. The van der Waals surface area contributed by atoms with Gasteiger partial charge in [-0.25, -0.2) is 10.6 Å². The van der Waals surface area contributed by atoms with Crippen LogP contribution in [0.2, 0.25) is 0 Å². The van der Waals surface area contributed by atoms with Gasteiger partial charge in [-0.2, -0.15) is 0 Å². The van der Waals surface area contributed by atoms with Crippen molar-refractivity contribution in [2.45, 2.75) is 51.4 Å². The van der Waals surface area contributed by atoms with Crippen molar-refractivity contribution < 1.29 is 24.2 Å². The third kappa shape index (κ3) is 5.52. The van der Waals surface area contributed by atoms with Crippen molar-refractivity contribution in [3.8, 4) is 0 Å². The molecular weight excluding hydrogens is 316 g/mol. The summed E-state index contributed by atoms with van der Waals surface area (Å²) in [5.41, 5.74) is -0.196. The second-order valence-electron chi connectivity index (χ2n) is 6.08. The minimum atomic E-state index is -0.873. The van der Waals surface area contributed by atoms with E-state index in [1.165, 1.54) is 0 Å². The molecule has 1 aromatic rings. The van der Waals surface area contributed by atoms with Crippen LogP contribution < -0.4 is 5.90 Å². The van der Waals surface area contributed by atoms with Crippen LogP contribution in [-0.4, -0.2) is 51.5 Å². The topological polar surface area (TPSA) is 122 Å².